The average Bonchev–Trinajstić information content (AvgIpc) is 3.14. The van der Waals surface area contributed by atoms with Crippen LogP contribution in [0.3, 0.4) is 0 Å². The highest BCUT2D eigenvalue weighted by molar-refractivity contribution is 7.22. The third-order valence-corrected chi connectivity index (χ3v) is 6.97. The fraction of sp³-hybridized carbons (Fsp3) is 0.379. The summed E-state index contributed by atoms with van der Waals surface area (Å²) in [5.41, 5.74) is 2.05. The zero-order valence-corrected chi connectivity index (χ0v) is 24.6. The Morgan fingerprint density at radius 1 is 1.32 bits per heavy atom. The van der Waals surface area contributed by atoms with Gasteiger partial charge in [0.05, 0.1) is 17.2 Å². The van der Waals surface area contributed by atoms with Crippen LogP contribution in [-0.4, -0.2) is 64.4 Å². The summed E-state index contributed by atoms with van der Waals surface area (Å²) in [6, 6.07) is 5.72. The van der Waals surface area contributed by atoms with Crippen LogP contribution in [0.25, 0.3) is 5.57 Å². The predicted octanol–water partition coefficient (Wildman–Crippen LogP) is 6.32. The second kappa shape index (κ2) is 14.3. The zero-order chi connectivity index (χ0) is 28.5. The van der Waals surface area contributed by atoms with Crippen molar-refractivity contribution in [3.8, 4) is 5.75 Å². The van der Waals surface area contributed by atoms with Crippen LogP contribution in [0.1, 0.15) is 45.2 Å². The molecule has 38 heavy (non-hydrogen) atoms. The number of aromatic hydroxyl groups is 1. The number of halogens is 1. The first-order valence-electron chi connectivity index (χ1n) is 12.4. The number of rotatable bonds is 12. The molecular weight excluding hydrogens is 523 g/mol. The van der Waals surface area contributed by atoms with E-state index in [1.807, 2.05) is 64.3 Å². The van der Waals surface area contributed by atoms with Gasteiger partial charge in [-0.1, -0.05) is 54.1 Å². The molecule has 1 aliphatic heterocycles. The van der Waals surface area contributed by atoms with Gasteiger partial charge in [-0.05, 0) is 63.3 Å². The Labute approximate surface area is 233 Å². The maximum Gasteiger partial charge on any atom is 0.410 e. The lowest BCUT2D eigenvalue weighted by Crippen LogP contribution is -2.35. The van der Waals surface area contributed by atoms with E-state index in [4.69, 9.17) is 16.3 Å². The molecule has 0 saturated carbocycles. The number of benzene rings is 1. The van der Waals surface area contributed by atoms with E-state index in [1.54, 1.807) is 13.0 Å². The lowest BCUT2D eigenvalue weighted by atomic mass is 10.0. The molecule has 1 aromatic carbocycles. The first kappa shape index (κ1) is 31.4. The second-order valence-electron chi connectivity index (χ2n) is 9.61. The Bertz CT molecular complexity index is 1190. The van der Waals surface area contributed by atoms with Gasteiger partial charge in [-0.2, -0.15) is 0 Å². The summed E-state index contributed by atoms with van der Waals surface area (Å²) < 4.78 is 5.65. The summed E-state index contributed by atoms with van der Waals surface area (Å²) in [4.78, 5) is 27.2. The monoisotopic (exact) mass is 560 g/mol. The molecule has 2 unspecified atom stereocenters. The van der Waals surface area contributed by atoms with E-state index in [9.17, 15) is 19.8 Å². The summed E-state index contributed by atoms with van der Waals surface area (Å²) in [6.07, 6.45) is 11.0. The van der Waals surface area contributed by atoms with Gasteiger partial charge in [0.15, 0.2) is 0 Å². The number of carbonyl (C=O) groups is 2. The minimum atomic E-state index is -1.12. The number of cyclic esters (lactones) is 1. The Kier molecular flexibility index (Phi) is 11.8. The van der Waals surface area contributed by atoms with Gasteiger partial charge in [0.25, 0.3) is 0 Å². The maximum absolute atomic E-state index is 12.4. The van der Waals surface area contributed by atoms with Crippen molar-refractivity contribution in [2.24, 2.45) is 0 Å². The molecule has 9 heteroatoms. The van der Waals surface area contributed by atoms with E-state index in [0.717, 1.165) is 22.0 Å². The molecule has 1 fully saturated rings. The number of aliphatic carboxylic acids is 1. The Balaban J connectivity index is 1.95. The minimum absolute atomic E-state index is 0.00990. The number of nitrogens with zero attached hydrogens (tertiary/aromatic N) is 2. The van der Waals surface area contributed by atoms with Crippen molar-refractivity contribution in [1.82, 2.24) is 9.80 Å². The molecule has 1 aliphatic rings. The van der Waals surface area contributed by atoms with Crippen molar-refractivity contribution in [2.45, 2.75) is 46.3 Å². The van der Waals surface area contributed by atoms with E-state index in [2.05, 4.69) is 14.1 Å². The number of phenolic OH excluding ortho intramolecular Hbond substituents is 1. The topological polar surface area (TPSA) is 90.3 Å². The molecule has 0 spiro atoms. The molecule has 2 N–H and O–H groups in total. The van der Waals surface area contributed by atoms with Gasteiger partial charge >= 0.3 is 12.1 Å². The quantitative estimate of drug-likeness (QED) is 0.177. The Morgan fingerprint density at radius 3 is 2.63 bits per heavy atom. The number of amides is 1. The van der Waals surface area contributed by atoms with Crippen LogP contribution < -0.4 is 0 Å². The molecule has 7 nitrogen and oxygen atoms in total. The van der Waals surface area contributed by atoms with Crippen molar-refractivity contribution in [3.05, 3.63) is 81.7 Å². The molecular formula is C29H38ClN2O5P. The molecule has 0 bridgehead atoms. The lowest BCUT2D eigenvalue weighted by molar-refractivity contribution is -0.132. The van der Waals surface area contributed by atoms with Crippen LogP contribution in [-0.2, 0) is 16.1 Å². The van der Waals surface area contributed by atoms with Gasteiger partial charge in [-0.3, -0.25) is 0 Å². The summed E-state index contributed by atoms with van der Waals surface area (Å²) in [5.74, 6) is -0.885. The first-order valence-corrected chi connectivity index (χ1v) is 13.4. The number of carbonyl (C=O) groups excluding carboxylic acids is 1. The Hall–Kier alpha value is -2.86. The summed E-state index contributed by atoms with van der Waals surface area (Å²) in [5, 5.41) is 20.9. The minimum Gasteiger partial charge on any atom is -0.507 e. The summed E-state index contributed by atoms with van der Waals surface area (Å²) in [6.45, 7) is 9.25. The molecule has 0 aromatic heterocycles. The second-order valence-corrected chi connectivity index (χ2v) is 10.7. The zero-order valence-electron chi connectivity index (χ0n) is 22.7. The number of carboxylic acids is 1. The average molecular weight is 561 g/mol. The molecule has 1 amide bonds. The first-order chi connectivity index (χ1) is 17.9. The normalized spacial score (nSPS) is 19.6. The van der Waals surface area contributed by atoms with Gasteiger partial charge in [-0.25, -0.2) is 9.59 Å². The third kappa shape index (κ3) is 9.16. The van der Waals surface area contributed by atoms with E-state index in [0.29, 0.717) is 26.1 Å². The molecule has 0 aliphatic carbocycles. The molecule has 2 atom stereocenters. The molecule has 0 radical (unpaired) electrons. The van der Waals surface area contributed by atoms with Gasteiger partial charge in [0, 0.05) is 31.6 Å². The van der Waals surface area contributed by atoms with Crippen molar-refractivity contribution in [2.75, 3.05) is 26.7 Å². The third-order valence-electron chi connectivity index (χ3n) is 6.23. The Morgan fingerprint density at radius 2 is 2.03 bits per heavy atom. The van der Waals surface area contributed by atoms with Gasteiger partial charge in [0.2, 0.25) is 0 Å². The van der Waals surface area contributed by atoms with Crippen molar-refractivity contribution >= 4 is 38.5 Å². The fourth-order valence-electron chi connectivity index (χ4n) is 4.10. The van der Waals surface area contributed by atoms with Crippen LogP contribution >= 0.6 is 20.8 Å². The molecule has 1 heterocycles. The van der Waals surface area contributed by atoms with Gasteiger partial charge < -0.3 is 24.7 Å². The predicted molar refractivity (Wildman–Crippen MR) is 157 cm³/mol. The van der Waals surface area contributed by atoms with Crippen molar-refractivity contribution < 1.29 is 24.5 Å². The molecule has 206 valence electrons. The fourth-order valence-corrected chi connectivity index (χ4v) is 4.64. The maximum atomic E-state index is 12.4. The van der Waals surface area contributed by atoms with Gasteiger partial charge in [0.1, 0.15) is 11.4 Å². The molecule has 1 aromatic rings. The number of hydrogen-bond donors (Lipinski definition) is 2. The van der Waals surface area contributed by atoms with Gasteiger partial charge in [-0.15, -0.1) is 9.24 Å². The number of hydrogen-bond acceptors (Lipinski definition) is 5. The number of allylic oxidation sites excluding steroid dienone is 7. The molecule has 1 saturated heterocycles. The highest BCUT2D eigenvalue weighted by Gasteiger charge is 2.40. The van der Waals surface area contributed by atoms with Crippen LogP contribution in [0.4, 0.5) is 4.79 Å². The standard InChI is InChI=1S/C29H38ClN2O5P/c1-6-8-22(38)11-9-20(3)24-12-10-21(17-26(24)33)18-31(5)16-14-29(4)19-32(28(36)37-29)15-13-25(30)23(7-2)27(34)35/h6-13,17,33H,14-16,18-19,38H2,1-5H3,(H,34,35)/b8-6-,20-9+,22-11+,23-7+,25-13+. The van der Waals surface area contributed by atoms with Crippen molar-refractivity contribution in [3.63, 3.8) is 0 Å². The highest BCUT2D eigenvalue weighted by Crippen LogP contribution is 2.29. The molecule has 2 rings (SSSR count). The number of ether oxygens (including phenoxy) is 1. The number of phenols is 1. The smallest absolute Gasteiger partial charge is 0.410 e. The van der Waals surface area contributed by atoms with Crippen LogP contribution in [0, 0.1) is 0 Å². The van der Waals surface area contributed by atoms with E-state index in [1.165, 1.54) is 17.1 Å². The van der Waals surface area contributed by atoms with Crippen LogP contribution in [0.5, 0.6) is 5.75 Å². The van der Waals surface area contributed by atoms with Crippen LogP contribution in [0.15, 0.2) is 70.6 Å². The largest absolute Gasteiger partial charge is 0.507 e. The summed E-state index contributed by atoms with van der Waals surface area (Å²) in [7, 11) is 4.65. The lowest BCUT2D eigenvalue weighted by Gasteiger charge is -2.25. The van der Waals surface area contributed by atoms with E-state index >= 15 is 0 Å². The van der Waals surface area contributed by atoms with E-state index < -0.39 is 17.7 Å². The van der Waals surface area contributed by atoms with E-state index in [-0.39, 0.29) is 22.9 Å². The van der Waals surface area contributed by atoms with Crippen molar-refractivity contribution in [1.29, 1.82) is 0 Å². The number of carboxylic acid groups (broad SMARTS) is 1. The highest BCUT2D eigenvalue weighted by atomic mass is 35.5. The summed E-state index contributed by atoms with van der Waals surface area (Å²) >= 11 is 6.10. The van der Waals surface area contributed by atoms with Crippen LogP contribution in [0.2, 0.25) is 0 Å². The SMILES string of the molecule is C\C=C/C(P)=C\C=C(/C)c1ccc(CN(C)CCC2(C)CN(C/C=C(Cl)\C(=C/C)C(=O)O)C(=O)O2)cc1O.